The second-order valence-corrected chi connectivity index (χ2v) is 6.22. The Bertz CT molecular complexity index is 515. The van der Waals surface area contributed by atoms with E-state index in [1.165, 1.54) is 0 Å². The Morgan fingerprint density at radius 3 is 2.62 bits per heavy atom. The number of aromatic nitrogens is 2. The van der Waals surface area contributed by atoms with Gasteiger partial charge in [0.2, 0.25) is 0 Å². The minimum Gasteiger partial charge on any atom is -0.368 e. The van der Waals surface area contributed by atoms with Crippen LogP contribution in [0.1, 0.15) is 12.8 Å². The monoisotopic (exact) mass is 291 g/mol. The highest BCUT2D eigenvalue weighted by Crippen LogP contribution is 2.15. The summed E-state index contributed by atoms with van der Waals surface area (Å²) in [6.45, 7) is 6.88. The number of hydrogen-bond acceptors (Lipinski definition) is 5. The topological polar surface area (TPSA) is 53.4 Å². The third kappa shape index (κ3) is 3.63. The molecule has 21 heavy (non-hydrogen) atoms. The van der Waals surface area contributed by atoms with Crippen LogP contribution in [0.4, 0.5) is 5.69 Å². The molecular formula is C15H25N5O. The van der Waals surface area contributed by atoms with Crippen molar-refractivity contribution in [3.05, 3.63) is 22.6 Å². The predicted molar refractivity (Wildman–Crippen MR) is 83.8 cm³/mol. The van der Waals surface area contributed by atoms with E-state index in [9.17, 15) is 4.79 Å². The number of rotatable bonds is 3. The van der Waals surface area contributed by atoms with Crippen molar-refractivity contribution in [2.24, 2.45) is 5.92 Å². The molecule has 6 nitrogen and oxygen atoms in total. The molecule has 116 valence electrons. The Morgan fingerprint density at radius 2 is 1.95 bits per heavy atom. The highest BCUT2D eigenvalue weighted by Gasteiger charge is 2.17. The zero-order valence-electron chi connectivity index (χ0n) is 12.8. The van der Waals surface area contributed by atoms with Gasteiger partial charge in [-0.3, -0.25) is 4.79 Å². The van der Waals surface area contributed by atoms with Gasteiger partial charge in [-0.15, -0.1) is 0 Å². The molecule has 0 spiro atoms. The highest BCUT2D eigenvalue weighted by atomic mass is 16.1. The first-order valence-electron chi connectivity index (χ1n) is 7.94. The van der Waals surface area contributed by atoms with Gasteiger partial charge in [0.15, 0.2) is 0 Å². The number of piperazine rings is 1. The summed E-state index contributed by atoms with van der Waals surface area (Å²) in [5.74, 6) is 0.575. The molecule has 0 atom stereocenters. The van der Waals surface area contributed by atoms with Crippen LogP contribution in [-0.2, 0) is 6.54 Å². The Balaban J connectivity index is 1.66. The van der Waals surface area contributed by atoms with Gasteiger partial charge in [0.25, 0.3) is 5.56 Å². The van der Waals surface area contributed by atoms with Crippen molar-refractivity contribution in [1.29, 1.82) is 0 Å². The van der Waals surface area contributed by atoms with E-state index in [4.69, 9.17) is 0 Å². The lowest BCUT2D eigenvalue weighted by Gasteiger charge is -2.33. The zero-order valence-corrected chi connectivity index (χ0v) is 12.8. The standard InChI is InChI=1S/C15H25N5O/c1-18-6-8-19(9-7-18)14-10-15(21)20(17-11-14)12-13-2-4-16-5-3-13/h10-11,13,16H,2-9,12H2,1H3. The van der Waals surface area contributed by atoms with Gasteiger partial charge in [-0.25, -0.2) is 4.68 Å². The fraction of sp³-hybridized carbons (Fsp3) is 0.733. The molecule has 3 rings (SSSR count). The molecule has 2 aliphatic rings. The van der Waals surface area contributed by atoms with Gasteiger partial charge in [-0.05, 0) is 38.9 Å². The molecule has 2 aliphatic heterocycles. The molecule has 6 heteroatoms. The number of anilines is 1. The van der Waals surface area contributed by atoms with Gasteiger partial charge in [0.1, 0.15) is 0 Å². The number of nitrogens with zero attached hydrogens (tertiary/aromatic N) is 4. The molecule has 1 N–H and O–H groups in total. The fourth-order valence-corrected chi connectivity index (χ4v) is 3.11. The second kappa shape index (κ2) is 6.58. The molecule has 2 saturated heterocycles. The van der Waals surface area contributed by atoms with E-state index in [1.807, 2.05) is 6.20 Å². The number of piperidine rings is 1. The molecule has 0 bridgehead atoms. The van der Waals surface area contributed by atoms with E-state index in [0.29, 0.717) is 5.92 Å². The number of likely N-dealkylation sites (N-methyl/N-ethyl adjacent to an activating group) is 1. The minimum atomic E-state index is 0.0324. The van der Waals surface area contributed by atoms with Crippen molar-refractivity contribution < 1.29 is 0 Å². The van der Waals surface area contributed by atoms with Crippen molar-refractivity contribution in [2.75, 3.05) is 51.2 Å². The Morgan fingerprint density at radius 1 is 1.24 bits per heavy atom. The molecule has 0 radical (unpaired) electrons. The second-order valence-electron chi connectivity index (χ2n) is 6.22. The van der Waals surface area contributed by atoms with Crippen LogP contribution in [0.25, 0.3) is 0 Å². The van der Waals surface area contributed by atoms with Gasteiger partial charge < -0.3 is 15.1 Å². The Hall–Kier alpha value is -1.40. The molecule has 2 fully saturated rings. The van der Waals surface area contributed by atoms with Crippen LogP contribution >= 0.6 is 0 Å². The summed E-state index contributed by atoms with van der Waals surface area (Å²) in [4.78, 5) is 16.8. The lowest BCUT2D eigenvalue weighted by atomic mass is 9.98. The van der Waals surface area contributed by atoms with E-state index < -0.39 is 0 Å². The summed E-state index contributed by atoms with van der Waals surface area (Å²) in [7, 11) is 2.13. The maximum atomic E-state index is 12.3. The summed E-state index contributed by atoms with van der Waals surface area (Å²) < 4.78 is 1.63. The third-order valence-corrected chi connectivity index (χ3v) is 4.61. The van der Waals surface area contributed by atoms with Crippen molar-refractivity contribution in [3.8, 4) is 0 Å². The van der Waals surface area contributed by atoms with Gasteiger partial charge >= 0.3 is 0 Å². The first-order chi connectivity index (χ1) is 10.2. The van der Waals surface area contributed by atoms with Gasteiger partial charge in [-0.1, -0.05) is 0 Å². The molecule has 1 aromatic rings. The molecule has 3 heterocycles. The van der Waals surface area contributed by atoms with Gasteiger partial charge in [0.05, 0.1) is 11.9 Å². The summed E-state index contributed by atoms with van der Waals surface area (Å²) in [5.41, 5.74) is 1.000. The van der Waals surface area contributed by atoms with Crippen molar-refractivity contribution in [1.82, 2.24) is 20.0 Å². The molecule has 0 amide bonds. The smallest absolute Gasteiger partial charge is 0.268 e. The molecule has 0 unspecified atom stereocenters. The third-order valence-electron chi connectivity index (χ3n) is 4.61. The van der Waals surface area contributed by atoms with E-state index in [2.05, 4.69) is 27.3 Å². The Kier molecular flexibility index (Phi) is 4.55. The van der Waals surface area contributed by atoms with E-state index >= 15 is 0 Å². The predicted octanol–water partition coefficient (Wildman–Crippen LogP) is -0.00530. The van der Waals surface area contributed by atoms with E-state index in [1.54, 1.807) is 10.7 Å². The first-order valence-corrected chi connectivity index (χ1v) is 7.94. The van der Waals surface area contributed by atoms with E-state index in [-0.39, 0.29) is 5.56 Å². The lowest BCUT2D eigenvalue weighted by Crippen LogP contribution is -2.45. The fourth-order valence-electron chi connectivity index (χ4n) is 3.11. The normalized spacial score (nSPS) is 21.7. The van der Waals surface area contributed by atoms with Gasteiger partial charge in [-0.2, -0.15) is 5.10 Å². The summed E-state index contributed by atoms with van der Waals surface area (Å²) in [6, 6.07) is 1.75. The van der Waals surface area contributed by atoms with Gasteiger partial charge in [0, 0.05) is 38.8 Å². The van der Waals surface area contributed by atoms with Crippen molar-refractivity contribution in [3.63, 3.8) is 0 Å². The quantitative estimate of drug-likeness (QED) is 0.849. The highest BCUT2D eigenvalue weighted by molar-refractivity contribution is 5.43. The summed E-state index contributed by atoms with van der Waals surface area (Å²) >= 11 is 0. The Labute approximate surface area is 125 Å². The maximum Gasteiger partial charge on any atom is 0.268 e. The number of nitrogens with one attached hydrogen (secondary N) is 1. The molecule has 0 aliphatic carbocycles. The van der Waals surface area contributed by atoms with Crippen LogP contribution in [0.3, 0.4) is 0 Å². The van der Waals surface area contributed by atoms with Crippen LogP contribution in [-0.4, -0.2) is 61.0 Å². The molecule has 0 saturated carbocycles. The van der Waals surface area contributed by atoms with Crippen molar-refractivity contribution in [2.45, 2.75) is 19.4 Å². The lowest BCUT2D eigenvalue weighted by molar-refractivity contribution is 0.310. The van der Waals surface area contributed by atoms with Crippen LogP contribution in [0.5, 0.6) is 0 Å². The van der Waals surface area contributed by atoms with Crippen molar-refractivity contribution >= 4 is 5.69 Å². The average Bonchev–Trinajstić information content (AvgIpc) is 2.51. The van der Waals surface area contributed by atoms with Crippen LogP contribution in [0.15, 0.2) is 17.1 Å². The first kappa shape index (κ1) is 14.5. The summed E-state index contributed by atoms with van der Waals surface area (Å²) in [5, 5.41) is 7.75. The zero-order chi connectivity index (χ0) is 14.7. The molecular weight excluding hydrogens is 266 g/mol. The number of hydrogen-bond donors (Lipinski definition) is 1. The SMILES string of the molecule is CN1CCN(c2cnn(CC3CCNCC3)c(=O)c2)CC1. The van der Waals surface area contributed by atoms with Crippen LogP contribution in [0.2, 0.25) is 0 Å². The average molecular weight is 291 g/mol. The maximum absolute atomic E-state index is 12.3. The molecule has 1 aromatic heterocycles. The molecule has 0 aromatic carbocycles. The largest absolute Gasteiger partial charge is 0.368 e. The van der Waals surface area contributed by atoms with Crippen LogP contribution < -0.4 is 15.8 Å². The minimum absolute atomic E-state index is 0.0324. The van der Waals surface area contributed by atoms with Crippen LogP contribution in [0, 0.1) is 5.92 Å². The summed E-state index contributed by atoms with van der Waals surface area (Å²) in [6.07, 6.45) is 4.12. The van der Waals surface area contributed by atoms with E-state index in [0.717, 1.165) is 64.3 Å².